The SMILES string of the molecule is CCCCNC(=O)[C@@H](Cc1ccccc1)N(Cc1ccc(Cl)cc1Cl)C(=O)CN(c1ccccc1F)S(=O)(=O)c1ccccc1. The second kappa shape index (κ2) is 15.9. The lowest BCUT2D eigenvalue weighted by Gasteiger charge is -2.34. The molecule has 0 aliphatic carbocycles. The van der Waals surface area contributed by atoms with E-state index in [0.717, 1.165) is 28.8 Å². The number of carbonyl (C=O) groups excluding carboxylic acids is 2. The van der Waals surface area contributed by atoms with E-state index in [4.69, 9.17) is 23.2 Å². The van der Waals surface area contributed by atoms with Crippen LogP contribution in [-0.4, -0.2) is 44.3 Å². The second-order valence-corrected chi connectivity index (χ2v) is 13.1. The molecule has 0 saturated carbocycles. The highest BCUT2D eigenvalue weighted by Crippen LogP contribution is 2.28. The van der Waals surface area contributed by atoms with Crippen molar-refractivity contribution in [3.63, 3.8) is 0 Å². The van der Waals surface area contributed by atoms with Gasteiger partial charge in [0.05, 0.1) is 10.6 Å². The van der Waals surface area contributed by atoms with Gasteiger partial charge in [-0.15, -0.1) is 0 Å². The molecular formula is C34H34Cl2FN3O4S. The number of para-hydroxylation sites is 1. The highest BCUT2D eigenvalue weighted by Gasteiger charge is 2.35. The Kier molecular flexibility index (Phi) is 12.0. The van der Waals surface area contributed by atoms with E-state index >= 15 is 4.39 Å². The molecule has 0 bridgehead atoms. The van der Waals surface area contributed by atoms with Crippen molar-refractivity contribution in [1.29, 1.82) is 0 Å². The van der Waals surface area contributed by atoms with Gasteiger partial charge in [-0.05, 0) is 53.9 Å². The molecule has 0 fully saturated rings. The van der Waals surface area contributed by atoms with E-state index in [1.165, 1.54) is 41.3 Å². The van der Waals surface area contributed by atoms with Gasteiger partial charge in [-0.3, -0.25) is 13.9 Å². The zero-order chi connectivity index (χ0) is 32.4. The summed E-state index contributed by atoms with van der Waals surface area (Å²) < 4.78 is 43.8. The molecule has 7 nitrogen and oxygen atoms in total. The molecule has 0 spiro atoms. The number of sulfonamides is 1. The van der Waals surface area contributed by atoms with Gasteiger partial charge in [0, 0.05) is 29.6 Å². The summed E-state index contributed by atoms with van der Waals surface area (Å²) in [7, 11) is -4.41. The zero-order valence-corrected chi connectivity index (χ0v) is 27.0. The smallest absolute Gasteiger partial charge is 0.264 e. The van der Waals surface area contributed by atoms with Gasteiger partial charge in [0.1, 0.15) is 18.4 Å². The first kappa shape index (κ1) is 34.0. The number of benzene rings is 4. The summed E-state index contributed by atoms with van der Waals surface area (Å²) in [6, 6.07) is 25.7. The average Bonchev–Trinajstić information content (AvgIpc) is 3.03. The molecule has 0 aliphatic rings. The predicted molar refractivity (Wildman–Crippen MR) is 176 cm³/mol. The van der Waals surface area contributed by atoms with E-state index in [0.29, 0.717) is 17.1 Å². The first-order valence-corrected chi connectivity index (χ1v) is 16.7. The largest absolute Gasteiger partial charge is 0.354 e. The minimum atomic E-state index is -4.41. The summed E-state index contributed by atoms with van der Waals surface area (Å²) in [5, 5.41) is 3.58. The van der Waals surface area contributed by atoms with Crippen LogP contribution in [0.4, 0.5) is 10.1 Å². The Hall–Kier alpha value is -3.92. The molecular weight excluding hydrogens is 636 g/mol. The van der Waals surface area contributed by atoms with Gasteiger partial charge in [-0.2, -0.15) is 0 Å². The van der Waals surface area contributed by atoms with Crippen LogP contribution in [0.3, 0.4) is 0 Å². The Labute approximate surface area is 273 Å². The molecule has 0 heterocycles. The summed E-state index contributed by atoms with van der Waals surface area (Å²) in [6.45, 7) is 1.48. The van der Waals surface area contributed by atoms with E-state index in [1.807, 2.05) is 37.3 Å². The molecule has 1 atom stereocenters. The van der Waals surface area contributed by atoms with Gasteiger partial charge in [-0.25, -0.2) is 12.8 Å². The molecule has 4 aromatic carbocycles. The van der Waals surface area contributed by atoms with Crippen molar-refractivity contribution in [2.45, 2.75) is 43.7 Å². The summed E-state index contributed by atoms with van der Waals surface area (Å²) in [5.41, 5.74) is 0.986. The minimum absolute atomic E-state index is 0.119. The topological polar surface area (TPSA) is 86.8 Å². The van der Waals surface area contributed by atoms with Crippen LogP contribution < -0.4 is 9.62 Å². The lowest BCUT2D eigenvalue weighted by Crippen LogP contribution is -2.53. The Morgan fingerprint density at radius 1 is 0.889 bits per heavy atom. The number of hydrogen-bond donors (Lipinski definition) is 1. The predicted octanol–water partition coefficient (Wildman–Crippen LogP) is 6.88. The molecule has 4 aromatic rings. The Morgan fingerprint density at radius 3 is 2.18 bits per heavy atom. The van der Waals surface area contributed by atoms with Gasteiger partial charge >= 0.3 is 0 Å². The maximum absolute atomic E-state index is 15.2. The Bertz CT molecular complexity index is 1710. The maximum Gasteiger partial charge on any atom is 0.264 e. The average molecular weight is 671 g/mol. The fraction of sp³-hybridized carbons (Fsp3) is 0.235. The third kappa shape index (κ3) is 8.84. The number of carbonyl (C=O) groups is 2. The third-order valence-electron chi connectivity index (χ3n) is 7.19. The lowest BCUT2D eigenvalue weighted by atomic mass is 10.0. The third-order valence-corrected chi connectivity index (χ3v) is 9.55. The zero-order valence-electron chi connectivity index (χ0n) is 24.7. The van der Waals surface area contributed by atoms with Crippen molar-refractivity contribution >= 4 is 50.7 Å². The monoisotopic (exact) mass is 669 g/mol. The summed E-state index contributed by atoms with van der Waals surface area (Å²) in [4.78, 5) is 29.4. The van der Waals surface area contributed by atoms with Crippen LogP contribution in [0, 0.1) is 5.82 Å². The molecule has 1 N–H and O–H groups in total. The van der Waals surface area contributed by atoms with E-state index < -0.39 is 40.2 Å². The molecule has 11 heteroatoms. The Balaban J connectivity index is 1.81. The highest BCUT2D eigenvalue weighted by atomic mass is 35.5. The van der Waals surface area contributed by atoms with E-state index in [1.54, 1.807) is 30.3 Å². The van der Waals surface area contributed by atoms with Crippen molar-refractivity contribution in [3.8, 4) is 0 Å². The fourth-order valence-electron chi connectivity index (χ4n) is 4.78. The number of unbranched alkanes of at least 4 members (excludes halogenated alkanes) is 1. The fourth-order valence-corrected chi connectivity index (χ4v) is 6.69. The summed E-state index contributed by atoms with van der Waals surface area (Å²) in [5.74, 6) is -1.96. The normalized spacial score (nSPS) is 11.9. The van der Waals surface area contributed by atoms with Crippen molar-refractivity contribution in [3.05, 3.63) is 130 Å². The number of rotatable bonds is 14. The summed E-state index contributed by atoms with van der Waals surface area (Å²) in [6.07, 6.45) is 1.72. The van der Waals surface area contributed by atoms with Crippen molar-refractivity contribution in [2.75, 3.05) is 17.4 Å². The maximum atomic E-state index is 15.2. The number of halogens is 3. The highest BCUT2D eigenvalue weighted by molar-refractivity contribution is 7.92. The molecule has 0 aromatic heterocycles. The molecule has 236 valence electrons. The van der Waals surface area contributed by atoms with Gasteiger partial charge in [0.25, 0.3) is 10.0 Å². The molecule has 45 heavy (non-hydrogen) atoms. The van der Waals surface area contributed by atoms with Crippen LogP contribution >= 0.6 is 23.2 Å². The molecule has 0 aliphatic heterocycles. The van der Waals surface area contributed by atoms with E-state index in [9.17, 15) is 18.0 Å². The van der Waals surface area contributed by atoms with Gasteiger partial charge in [0.2, 0.25) is 11.8 Å². The van der Waals surface area contributed by atoms with Crippen LogP contribution in [0.2, 0.25) is 10.0 Å². The molecule has 0 unspecified atom stereocenters. The van der Waals surface area contributed by atoms with Crippen molar-refractivity contribution in [1.82, 2.24) is 10.2 Å². The van der Waals surface area contributed by atoms with Crippen LogP contribution in [0.25, 0.3) is 0 Å². The number of nitrogens with zero attached hydrogens (tertiary/aromatic N) is 2. The molecule has 0 saturated heterocycles. The van der Waals surface area contributed by atoms with E-state index in [2.05, 4.69) is 5.32 Å². The first-order chi connectivity index (χ1) is 21.6. The lowest BCUT2D eigenvalue weighted by molar-refractivity contribution is -0.140. The van der Waals surface area contributed by atoms with Gasteiger partial charge < -0.3 is 10.2 Å². The van der Waals surface area contributed by atoms with Gasteiger partial charge in [0.15, 0.2) is 0 Å². The number of nitrogens with one attached hydrogen (secondary N) is 1. The second-order valence-electron chi connectivity index (χ2n) is 10.4. The minimum Gasteiger partial charge on any atom is -0.354 e. The number of anilines is 1. The van der Waals surface area contributed by atoms with Crippen molar-refractivity contribution in [2.24, 2.45) is 0 Å². The molecule has 2 amide bonds. The van der Waals surface area contributed by atoms with E-state index in [-0.39, 0.29) is 28.6 Å². The molecule has 0 radical (unpaired) electrons. The van der Waals surface area contributed by atoms with Crippen LogP contribution in [0.5, 0.6) is 0 Å². The van der Waals surface area contributed by atoms with Crippen LogP contribution in [-0.2, 0) is 32.6 Å². The molecule has 4 rings (SSSR count). The Morgan fingerprint density at radius 2 is 1.53 bits per heavy atom. The number of amides is 2. The van der Waals surface area contributed by atoms with Crippen molar-refractivity contribution < 1.29 is 22.4 Å². The quantitative estimate of drug-likeness (QED) is 0.148. The standard InChI is InChI=1S/C34H34Cl2FN3O4S/c1-2-3-20-38-34(42)32(21-25-12-6-4-7-13-25)39(23-26-18-19-27(35)22-29(26)36)33(41)24-40(31-17-11-10-16-30(31)37)45(43,44)28-14-8-5-9-15-28/h4-19,22,32H,2-3,20-21,23-24H2,1H3,(H,38,42)/t32-/m1/s1. The van der Waals surface area contributed by atoms with Gasteiger partial charge in [-0.1, -0.05) is 103 Å². The number of hydrogen-bond acceptors (Lipinski definition) is 4. The van der Waals surface area contributed by atoms with Crippen LogP contribution in [0.1, 0.15) is 30.9 Å². The summed E-state index contributed by atoms with van der Waals surface area (Å²) >= 11 is 12.7. The first-order valence-electron chi connectivity index (χ1n) is 14.5. The van der Waals surface area contributed by atoms with Crippen LogP contribution in [0.15, 0.2) is 108 Å².